The van der Waals surface area contributed by atoms with Gasteiger partial charge in [0.15, 0.2) is 5.16 Å². The van der Waals surface area contributed by atoms with Crippen molar-refractivity contribution in [1.29, 1.82) is 0 Å². The molecule has 4 rings (SSSR count). The molecule has 0 saturated heterocycles. The molecule has 3 aromatic rings. The number of rotatable bonds is 3. The van der Waals surface area contributed by atoms with Gasteiger partial charge in [-0.3, -0.25) is 4.79 Å². The summed E-state index contributed by atoms with van der Waals surface area (Å²) >= 11 is 3.18. The quantitative estimate of drug-likeness (QED) is 0.570. The van der Waals surface area contributed by atoms with E-state index in [-0.39, 0.29) is 10.8 Å². The summed E-state index contributed by atoms with van der Waals surface area (Å²) < 4.78 is 0. The van der Waals surface area contributed by atoms with Crippen LogP contribution in [0.2, 0.25) is 0 Å². The lowest BCUT2D eigenvalue weighted by atomic mass is 9.89. The average Bonchev–Trinajstić information content (AvgIpc) is 2.93. The first-order valence-corrected chi connectivity index (χ1v) is 9.79. The van der Waals surface area contributed by atoms with Crippen molar-refractivity contribution >= 4 is 33.3 Å². The second-order valence-electron chi connectivity index (χ2n) is 6.27. The summed E-state index contributed by atoms with van der Waals surface area (Å²) in [5.41, 5.74) is 1.21. The Kier molecular flexibility index (Phi) is 4.14. The van der Waals surface area contributed by atoms with Gasteiger partial charge in [0.05, 0.1) is 10.6 Å². The summed E-state index contributed by atoms with van der Waals surface area (Å²) in [5, 5.41) is 1.48. The molecule has 5 nitrogen and oxygen atoms in total. The van der Waals surface area contributed by atoms with Crippen molar-refractivity contribution in [3.05, 3.63) is 45.1 Å². The normalized spacial score (nSPS) is 18.5. The number of thiophene rings is 1. The van der Waals surface area contributed by atoms with Crippen LogP contribution in [0.1, 0.15) is 41.8 Å². The Hall–Kier alpha value is -1.73. The largest absolute Gasteiger partial charge is 0.309 e. The fourth-order valence-electron chi connectivity index (χ4n) is 3.12. The van der Waals surface area contributed by atoms with Crippen LogP contribution in [0, 0.1) is 5.92 Å². The van der Waals surface area contributed by atoms with Crippen molar-refractivity contribution < 1.29 is 0 Å². The molecule has 24 heavy (non-hydrogen) atoms. The zero-order valence-electron chi connectivity index (χ0n) is 13.6. The van der Waals surface area contributed by atoms with Crippen LogP contribution in [0.25, 0.3) is 10.2 Å². The van der Waals surface area contributed by atoms with Gasteiger partial charge >= 0.3 is 0 Å². The van der Waals surface area contributed by atoms with Crippen LogP contribution in [-0.2, 0) is 12.8 Å². The number of aryl methyl sites for hydroxylation is 1. The van der Waals surface area contributed by atoms with Gasteiger partial charge in [0.1, 0.15) is 10.7 Å². The molecular weight excluding hydrogens is 340 g/mol. The van der Waals surface area contributed by atoms with Crippen molar-refractivity contribution in [1.82, 2.24) is 19.9 Å². The third-order valence-electron chi connectivity index (χ3n) is 4.39. The summed E-state index contributed by atoms with van der Waals surface area (Å²) in [6, 6.07) is 1.79. The van der Waals surface area contributed by atoms with Crippen LogP contribution in [0.3, 0.4) is 0 Å². The Morgan fingerprint density at radius 3 is 2.96 bits per heavy atom. The molecule has 3 aromatic heterocycles. The lowest BCUT2D eigenvalue weighted by Crippen LogP contribution is -2.15. The minimum absolute atomic E-state index is 0.0107. The Morgan fingerprint density at radius 1 is 1.38 bits per heavy atom. The number of hydrogen-bond donors (Lipinski definition) is 1. The van der Waals surface area contributed by atoms with E-state index in [1.165, 1.54) is 22.2 Å². The maximum atomic E-state index is 12.6. The predicted octanol–water partition coefficient (Wildman–Crippen LogP) is 3.75. The second kappa shape index (κ2) is 6.29. The number of H-pyrrole nitrogens is 1. The molecule has 3 heterocycles. The minimum atomic E-state index is -0.0115. The molecule has 1 N–H and O–H groups in total. The molecule has 0 saturated carbocycles. The van der Waals surface area contributed by atoms with E-state index in [0.717, 1.165) is 29.5 Å². The fraction of sp³-hybridized carbons (Fsp3) is 0.412. The lowest BCUT2D eigenvalue weighted by Gasteiger charge is -2.17. The number of nitrogens with one attached hydrogen (secondary N) is 1. The number of nitrogens with zero attached hydrogens (tertiary/aromatic N) is 3. The van der Waals surface area contributed by atoms with E-state index in [1.54, 1.807) is 29.8 Å². The number of hydrogen-bond acceptors (Lipinski definition) is 6. The number of aromatic nitrogens is 4. The van der Waals surface area contributed by atoms with E-state index < -0.39 is 0 Å². The van der Waals surface area contributed by atoms with Crippen LogP contribution in [0.15, 0.2) is 28.4 Å². The highest BCUT2D eigenvalue weighted by atomic mass is 32.2. The lowest BCUT2D eigenvalue weighted by molar-refractivity contribution is 0.509. The Morgan fingerprint density at radius 2 is 2.17 bits per heavy atom. The summed E-state index contributed by atoms with van der Waals surface area (Å²) in [5.74, 6) is 1.38. The highest BCUT2D eigenvalue weighted by Gasteiger charge is 2.24. The van der Waals surface area contributed by atoms with Gasteiger partial charge in [-0.05, 0) is 43.7 Å². The summed E-state index contributed by atoms with van der Waals surface area (Å²) in [6.07, 6.45) is 6.64. The Bertz CT molecular complexity index is 935. The number of fused-ring (bicyclic) bond motifs is 3. The molecule has 1 aliphatic carbocycles. The van der Waals surface area contributed by atoms with Gasteiger partial charge in [-0.2, -0.15) is 0 Å². The SMILES string of the molecule is C[C@@H]1CCc2c(sc3nc([C@@H](C)Sc4ncccn4)[nH]c(=O)c23)C1. The molecule has 0 fully saturated rings. The van der Waals surface area contributed by atoms with Crippen molar-refractivity contribution in [2.24, 2.45) is 5.92 Å². The van der Waals surface area contributed by atoms with E-state index in [0.29, 0.717) is 16.9 Å². The molecule has 7 heteroatoms. The van der Waals surface area contributed by atoms with Crippen molar-refractivity contribution in [2.75, 3.05) is 0 Å². The molecule has 0 spiro atoms. The molecule has 0 unspecified atom stereocenters. The van der Waals surface area contributed by atoms with Crippen LogP contribution in [0.4, 0.5) is 0 Å². The van der Waals surface area contributed by atoms with Gasteiger partial charge in [0.2, 0.25) is 0 Å². The Labute approximate surface area is 148 Å². The van der Waals surface area contributed by atoms with Crippen LogP contribution < -0.4 is 5.56 Å². The molecule has 2 atom stereocenters. The van der Waals surface area contributed by atoms with E-state index in [4.69, 9.17) is 4.98 Å². The monoisotopic (exact) mass is 358 g/mol. The molecule has 124 valence electrons. The number of thioether (sulfide) groups is 1. The van der Waals surface area contributed by atoms with Crippen molar-refractivity contribution in [2.45, 2.75) is 43.5 Å². The van der Waals surface area contributed by atoms with Gasteiger partial charge in [0.25, 0.3) is 5.56 Å². The zero-order valence-corrected chi connectivity index (χ0v) is 15.2. The van der Waals surface area contributed by atoms with Gasteiger partial charge in [-0.15, -0.1) is 11.3 Å². The highest BCUT2D eigenvalue weighted by Crippen LogP contribution is 2.37. The number of aromatic amines is 1. The summed E-state index contributed by atoms with van der Waals surface area (Å²) in [4.78, 5) is 31.0. The first kappa shape index (κ1) is 15.8. The molecule has 0 radical (unpaired) electrons. The minimum Gasteiger partial charge on any atom is -0.309 e. The Balaban J connectivity index is 1.71. The van der Waals surface area contributed by atoms with E-state index in [2.05, 4.69) is 21.9 Å². The molecular formula is C17H18N4OS2. The van der Waals surface area contributed by atoms with Crippen LogP contribution in [-0.4, -0.2) is 19.9 Å². The zero-order chi connectivity index (χ0) is 16.7. The van der Waals surface area contributed by atoms with Gasteiger partial charge < -0.3 is 4.98 Å². The smallest absolute Gasteiger partial charge is 0.259 e. The first-order chi connectivity index (χ1) is 11.6. The fourth-order valence-corrected chi connectivity index (χ4v) is 5.29. The van der Waals surface area contributed by atoms with Gasteiger partial charge in [0, 0.05) is 17.3 Å². The van der Waals surface area contributed by atoms with Crippen LogP contribution >= 0.6 is 23.1 Å². The van der Waals surface area contributed by atoms with E-state index in [9.17, 15) is 4.79 Å². The third kappa shape index (κ3) is 2.86. The standard InChI is InChI=1S/C17H18N4OS2/c1-9-4-5-11-12(8-9)24-16-13(11)15(22)20-14(21-16)10(2)23-17-18-6-3-7-19-17/h3,6-7,9-10H,4-5,8H2,1-2H3,(H,20,21,22)/t9-,10-/m1/s1. The molecule has 0 aliphatic heterocycles. The van der Waals surface area contributed by atoms with Gasteiger partial charge in [-0.1, -0.05) is 18.7 Å². The van der Waals surface area contributed by atoms with E-state index in [1.807, 2.05) is 6.92 Å². The van der Waals surface area contributed by atoms with Crippen molar-refractivity contribution in [3.63, 3.8) is 0 Å². The topological polar surface area (TPSA) is 71.5 Å². The van der Waals surface area contributed by atoms with E-state index >= 15 is 0 Å². The first-order valence-electron chi connectivity index (χ1n) is 8.10. The third-order valence-corrected chi connectivity index (χ3v) is 6.54. The van der Waals surface area contributed by atoms with Crippen molar-refractivity contribution in [3.8, 4) is 0 Å². The maximum Gasteiger partial charge on any atom is 0.259 e. The highest BCUT2D eigenvalue weighted by molar-refractivity contribution is 7.99. The summed E-state index contributed by atoms with van der Waals surface area (Å²) in [6.45, 7) is 4.29. The molecule has 0 amide bonds. The molecule has 1 aliphatic rings. The van der Waals surface area contributed by atoms with Gasteiger partial charge in [-0.25, -0.2) is 15.0 Å². The second-order valence-corrected chi connectivity index (χ2v) is 8.67. The van der Waals surface area contributed by atoms with Crippen LogP contribution in [0.5, 0.6) is 0 Å². The summed E-state index contributed by atoms with van der Waals surface area (Å²) in [7, 11) is 0. The predicted molar refractivity (Wildman–Crippen MR) is 97.7 cm³/mol. The average molecular weight is 358 g/mol. The molecule has 0 bridgehead atoms. The maximum absolute atomic E-state index is 12.6. The molecule has 0 aromatic carbocycles.